The molecule has 2 atom stereocenters. The van der Waals surface area contributed by atoms with E-state index in [9.17, 15) is 5.11 Å². The summed E-state index contributed by atoms with van der Waals surface area (Å²) in [6, 6.07) is 10.00. The number of hydrogen-bond donors (Lipinski definition) is 1. The average molecular weight is 429 g/mol. The van der Waals surface area contributed by atoms with E-state index >= 15 is 0 Å². The zero-order valence-corrected chi connectivity index (χ0v) is 18.8. The minimum Gasteiger partial charge on any atom is -0.496 e. The predicted molar refractivity (Wildman–Crippen MR) is 120 cm³/mol. The molecule has 0 radical (unpaired) electrons. The lowest BCUT2D eigenvalue weighted by atomic mass is 9.83. The van der Waals surface area contributed by atoms with Gasteiger partial charge in [-0.3, -0.25) is 4.90 Å². The second-order valence-electron chi connectivity index (χ2n) is 8.01. The standard InChI is InChI=1S/C24H32N2O5/c1-28-21-8-6-5-7-18(21)25-9-11-26(12-10-25)19-13-17-16(14-20(19)27)22(29-2)15-23(30-3)24(17)31-4/h5-8,15,19-20,27H,9-14H2,1-4H3/t19-,20-/m0/s1. The number of aliphatic hydroxyl groups is 1. The molecular weight excluding hydrogens is 396 g/mol. The number of benzene rings is 2. The molecule has 1 aliphatic heterocycles. The van der Waals surface area contributed by atoms with Gasteiger partial charge in [-0.25, -0.2) is 0 Å². The maximum absolute atomic E-state index is 11.0. The lowest BCUT2D eigenvalue weighted by Crippen LogP contribution is -2.56. The third-order valence-electron chi connectivity index (χ3n) is 6.55. The molecule has 31 heavy (non-hydrogen) atoms. The molecule has 0 amide bonds. The number of piperazine rings is 1. The van der Waals surface area contributed by atoms with Crippen molar-refractivity contribution < 1.29 is 24.1 Å². The van der Waals surface area contributed by atoms with Gasteiger partial charge in [-0.05, 0) is 18.6 Å². The van der Waals surface area contributed by atoms with Gasteiger partial charge in [0.2, 0.25) is 0 Å². The van der Waals surface area contributed by atoms with Crippen LogP contribution in [0.2, 0.25) is 0 Å². The molecule has 2 aromatic carbocycles. The highest BCUT2D eigenvalue weighted by Gasteiger charge is 2.37. The van der Waals surface area contributed by atoms with E-state index in [0.717, 1.165) is 60.2 Å². The van der Waals surface area contributed by atoms with Crippen molar-refractivity contribution >= 4 is 5.69 Å². The molecule has 4 rings (SSSR count). The second-order valence-corrected chi connectivity index (χ2v) is 8.01. The van der Waals surface area contributed by atoms with Gasteiger partial charge >= 0.3 is 0 Å². The molecular formula is C24H32N2O5. The zero-order chi connectivity index (χ0) is 22.0. The molecule has 0 spiro atoms. The Kier molecular flexibility index (Phi) is 6.43. The molecule has 7 heteroatoms. The summed E-state index contributed by atoms with van der Waals surface area (Å²) in [6.45, 7) is 3.51. The summed E-state index contributed by atoms with van der Waals surface area (Å²) in [5, 5.41) is 11.0. The minimum atomic E-state index is -0.461. The van der Waals surface area contributed by atoms with Crippen LogP contribution in [0.15, 0.2) is 30.3 Å². The highest BCUT2D eigenvalue weighted by molar-refractivity contribution is 5.60. The first-order chi connectivity index (χ1) is 15.1. The van der Waals surface area contributed by atoms with E-state index in [0.29, 0.717) is 18.6 Å². The number of para-hydroxylation sites is 2. The van der Waals surface area contributed by atoms with E-state index in [-0.39, 0.29) is 6.04 Å². The molecule has 1 heterocycles. The quantitative estimate of drug-likeness (QED) is 0.758. The molecule has 0 bridgehead atoms. The topological polar surface area (TPSA) is 63.6 Å². The van der Waals surface area contributed by atoms with Crippen LogP contribution in [0, 0.1) is 0 Å². The maximum Gasteiger partial charge on any atom is 0.164 e. The fourth-order valence-corrected chi connectivity index (χ4v) is 4.95. The largest absolute Gasteiger partial charge is 0.496 e. The number of hydrogen-bond acceptors (Lipinski definition) is 7. The number of ether oxygens (including phenoxy) is 4. The number of methoxy groups -OCH3 is 4. The van der Waals surface area contributed by atoms with Gasteiger partial charge < -0.3 is 29.0 Å². The maximum atomic E-state index is 11.0. The van der Waals surface area contributed by atoms with Crippen LogP contribution in [-0.4, -0.2) is 76.8 Å². The molecule has 1 aliphatic carbocycles. The molecule has 0 unspecified atom stereocenters. The molecule has 1 fully saturated rings. The molecule has 0 aromatic heterocycles. The van der Waals surface area contributed by atoms with Gasteiger partial charge in [0.05, 0.1) is 40.2 Å². The summed E-state index contributed by atoms with van der Waals surface area (Å²) >= 11 is 0. The van der Waals surface area contributed by atoms with E-state index < -0.39 is 6.10 Å². The van der Waals surface area contributed by atoms with Crippen LogP contribution in [0.1, 0.15) is 11.1 Å². The Bertz CT molecular complexity index is 911. The minimum absolute atomic E-state index is 0.0260. The molecule has 1 saturated heterocycles. The van der Waals surface area contributed by atoms with Crippen molar-refractivity contribution in [2.75, 3.05) is 59.5 Å². The smallest absolute Gasteiger partial charge is 0.164 e. The number of anilines is 1. The molecule has 1 N–H and O–H groups in total. The Balaban J connectivity index is 1.54. The predicted octanol–water partition coefficient (Wildman–Crippen LogP) is 2.37. The average Bonchev–Trinajstić information content (AvgIpc) is 2.82. The van der Waals surface area contributed by atoms with Gasteiger partial charge in [0, 0.05) is 55.8 Å². The van der Waals surface area contributed by atoms with E-state index in [2.05, 4.69) is 15.9 Å². The molecule has 168 valence electrons. The number of aliphatic hydroxyl groups excluding tert-OH is 1. The zero-order valence-electron chi connectivity index (χ0n) is 18.8. The van der Waals surface area contributed by atoms with Crippen molar-refractivity contribution in [1.82, 2.24) is 4.90 Å². The SMILES string of the molecule is COc1ccccc1N1CCN([C@H]2Cc3c(c(OC)cc(OC)c3OC)C[C@@H]2O)CC1. The van der Waals surface area contributed by atoms with Gasteiger partial charge in [-0.1, -0.05) is 12.1 Å². The van der Waals surface area contributed by atoms with Crippen LogP contribution >= 0.6 is 0 Å². The molecule has 7 nitrogen and oxygen atoms in total. The fraction of sp³-hybridized carbons (Fsp3) is 0.500. The summed E-state index contributed by atoms with van der Waals surface area (Å²) in [6.07, 6.45) is 0.773. The normalized spacial score (nSPS) is 21.4. The van der Waals surface area contributed by atoms with Gasteiger partial charge in [0.1, 0.15) is 11.5 Å². The number of rotatable bonds is 6. The summed E-state index contributed by atoms with van der Waals surface area (Å²) in [4.78, 5) is 4.75. The van der Waals surface area contributed by atoms with Gasteiger partial charge in [0.25, 0.3) is 0 Å². The first kappa shape index (κ1) is 21.6. The van der Waals surface area contributed by atoms with Gasteiger partial charge in [-0.2, -0.15) is 0 Å². The van der Waals surface area contributed by atoms with Crippen LogP contribution in [0.3, 0.4) is 0 Å². The van der Waals surface area contributed by atoms with Gasteiger partial charge in [-0.15, -0.1) is 0 Å². The van der Waals surface area contributed by atoms with Crippen LogP contribution in [-0.2, 0) is 12.8 Å². The fourth-order valence-electron chi connectivity index (χ4n) is 4.95. The Labute approximate surface area is 184 Å². The van der Waals surface area contributed by atoms with Crippen molar-refractivity contribution in [3.63, 3.8) is 0 Å². The molecule has 2 aromatic rings. The third kappa shape index (κ3) is 4.00. The monoisotopic (exact) mass is 428 g/mol. The Hall–Kier alpha value is -2.64. The van der Waals surface area contributed by atoms with E-state index in [1.54, 1.807) is 28.4 Å². The van der Waals surface area contributed by atoms with Crippen molar-refractivity contribution in [3.8, 4) is 23.0 Å². The van der Waals surface area contributed by atoms with E-state index in [1.807, 2.05) is 24.3 Å². The summed E-state index contributed by atoms with van der Waals surface area (Å²) in [5.74, 6) is 3.04. The molecule has 0 saturated carbocycles. The Morgan fingerprint density at radius 2 is 1.45 bits per heavy atom. The second kappa shape index (κ2) is 9.24. The van der Waals surface area contributed by atoms with E-state index in [1.165, 1.54) is 0 Å². The molecule has 2 aliphatic rings. The number of nitrogens with zero attached hydrogens (tertiary/aromatic N) is 2. The number of fused-ring (bicyclic) bond motifs is 1. The van der Waals surface area contributed by atoms with Crippen molar-refractivity contribution in [1.29, 1.82) is 0 Å². The van der Waals surface area contributed by atoms with Crippen LogP contribution in [0.25, 0.3) is 0 Å². The van der Waals surface area contributed by atoms with Crippen LogP contribution < -0.4 is 23.8 Å². The Morgan fingerprint density at radius 3 is 2.10 bits per heavy atom. The summed E-state index contributed by atoms with van der Waals surface area (Å²) in [5.41, 5.74) is 3.20. The third-order valence-corrected chi connectivity index (χ3v) is 6.55. The first-order valence-corrected chi connectivity index (χ1v) is 10.7. The van der Waals surface area contributed by atoms with E-state index in [4.69, 9.17) is 18.9 Å². The Morgan fingerprint density at radius 1 is 0.774 bits per heavy atom. The van der Waals surface area contributed by atoms with Crippen LogP contribution in [0.5, 0.6) is 23.0 Å². The summed E-state index contributed by atoms with van der Waals surface area (Å²) < 4.78 is 22.4. The lowest BCUT2D eigenvalue weighted by molar-refractivity contribution is 0.0383. The van der Waals surface area contributed by atoms with Crippen molar-refractivity contribution in [3.05, 3.63) is 41.5 Å². The first-order valence-electron chi connectivity index (χ1n) is 10.7. The summed E-state index contributed by atoms with van der Waals surface area (Å²) in [7, 11) is 6.66. The highest BCUT2D eigenvalue weighted by atomic mass is 16.5. The van der Waals surface area contributed by atoms with Crippen molar-refractivity contribution in [2.45, 2.75) is 25.0 Å². The lowest BCUT2D eigenvalue weighted by Gasteiger charge is -2.44. The van der Waals surface area contributed by atoms with Gasteiger partial charge in [0.15, 0.2) is 11.5 Å². The highest BCUT2D eigenvalue weighted by Crippen LogP contribution is 2.44. The van der Waals surface area contributed by atoms with Crippen molar-refractivity contribution in [2.24, 2.45) is 0 Å². The van der Waals surface area contributed by atoms with Crippen LogP contribution in [0.4, 0.5) is 5.69 Å².